The molecule has 33 heavy (non-hydrogen) atoms. The number of aryl methyl sites for hydroxylation is 2. The second-order valence-corrected chi connectivity index (χ2v) is 10.4. The first kappa shape index (κ1) is 24.7. The van der Waals surface area contributed by atoms with Gasteiger partial charge in [0.2, 0.25) is 4.34 Å². The number of methoxy groups -OCH3 is 1. The molecule has 1 heterocycles. The summed E-state index contributed by atoms with van der Waals surface area (Å²) in [5.41, 5.74) is 2.82. The highest BCUT2D eigenvalue weighted by molar-refractivity contribution is 7.94. The number of sulfonamides is 1. The molecule has 1 atom stereocenters. The second kappa shape index (κ2) is 10.3. The predicted octanol–water partition coefficient (Wildman–Crippen LogP) is 4.68. The van der Waals surface area contributed by atoms with Crippen molar-refractivity contribution in [2.75, 3.05) is 18.0 Å². The minimum absolute atomic E-state index is 0.106. The fraction of sp³-hybridized carbons (Fsp3) is 0.304. The van der Waals surface area contributed by atoms with E-state index in [0.29, 0.717) is 17.0 Å². The summed E-state index contributed by atoms with van der Waals surface area (Å²) >= 11 is 0.989. The fourth-order valence-corrected chi connectivity index (χ4v) is 5.74. The fourth-order valence-electron chi connectivity index (χ4n) is 3.06. The Morgan fingerprint density at radius 1 is 1.18 bits per heavy atom. The summed E-state index contributed by atoms with van der Waals surface area (Å²) < 4.78 is 52.3. The number of anilines is 1. The summed E-state index contributed by atoms with van der Waals surface area (Å²) in [6.07, 6.45) is -1.42. The molecule has 0 amide bonds. The van der Waals surface area contributed by atoms with Gasteiger partial charge in [-0.25, -0.2) is 14.2 Å². The molecule has 1 aromatic heterocycles. The molecule has 2 aromatic carbocycles. The summed E-state index contributed by atoms with van der Waals surface area (Å²) in [6, 6.07) is 11.7. The van der Waals surface area contributed by atoms with Gasteiger partial charge in [-0.05, 0) is 56.2 Å². The molecule has 0 saturated heterocycles. The second-order valence-electron chi connectivity index (χ2n) is 7.52. The molecule has 7 nitrogen and oxygen atoms in total. The van der Waals surface area contributed by atoms with Crippen LogP contribution in [0.15, 0.2) is 52.2 Å². The van der Waals surface area contributed by atoms with Crippen molar-refractivity contribution < 1.29 is 27.1 Å². The lowest BCUT2D eigenvalue weighted by Crippen LogP contribution is -2.35. The van der Waals surface area contributed by atoms with Crippen molar-refractivity contribution in [3.05, 3.63) is 70.2 Å². The van der Waals surface area contributed by atoms with Crippen molar-refractivity contribution in [2.24, 2.45) is 0 Å². The van der Waals surface area contributed by atoms with Crippen molar-refractivity contribution >= 4 is 33.0 Å². The molecule has 0 spiro atoms. The molecular weight excluding hydrogens is 467 g/mol. The Balaban J connectivity index is 1.94. The zero-order valence-electron chi connectivity index (χ0n) is 18.7. The maximum atomic E-state index is 14.1. The summed E-state index contributed by atoms with van der Waals surface area (Å²) in [5.74, 6) is -0.147. The van der Waals surface area contributed by atoms with Crippen molar-refractivity contribution in [1.29, 1.82) is 0 Å². The van der Waals surface area contributed by atoms with Crippen LogP contribution in [0.2, 0.25) is 0 Å². The van der Waals surface area contributed by atoms with Crippen LogP contribution >= 0.6 is 11.3 Å². The van der Waals surface area contributed by atoms with Gasteiger partial charge in [0.05, 0.1) is 24.9 Å². The SMILES string of the molecule is COC(=O)c1ccc(COc2cc(C)ccc2N(CC(C)F)S(=O)(=O)c2nc(C)cs2)cc1. The molecule has 3 aromatic rings. The number of benzene rings is 2. The van der Waals surface area contributed by atoms with E-state index in [9.17, 15) is 17.6 Å². The van der Waals surface area contributed by atoms with E-state index in [4.69, 9.17) is 9.47 Å². The van der Waals surface area contributed by atoms with E-state index in [-0.39, 0.29) is 23.2 Å². The standard InChI is InChI=1S/C23H25FN2O5S2/c1-15-5-10-20(26(12-16(2)24)33(28,29)23-25-17(3)14-32-23)21(11-15)31-13-18-6-8-19(9-7-18)22(27)30-4/h5-11,14,16H,12-13H2,1-4H3. The monoisotopic (exact) mass is 492 g/mol. The molecule has 176 valence electrons. The number of thiazole rings is 1. The van der Waals surface area contributed by atoms with Crippen molar-refractivity contribution in [3.8, 4) is 5.75 Å². The van der Waals surface area contributed by atoms with Crippen LogP contribution in [0.3, 0.4) is 0 Å². The molecular formula is C23H25FN2O5S2. The van der Waals surface area contributed by atoms with E-state index >= 15 is 0 Å². The number of esters is 1. The van der Waals surface area contributed by atoms with E-state index in [1.807, 2.05) is 6.92 Å². The summed E-state index contributed by atoms with van der Waals surface area (Å²) in [5, 5.41) is 1.63. The highest BCUT2D eigenvalue weighted by Gasteiger charge is 2.31. The first-order valence-corrected chi connectivity index (χ1v) is 12.4. The van der Waals surface area contributed by atoms with Gasteiger partial charge in [0.1, 0.15) is 18.5 Å². The van der Waals surface area contributed by atoms with Crippen molar-refractivity contribution in [3.63, 3.8) is 0 Å². The summed E-state index contributed by atoms with van der Waals surface area (Å²) in [6.45, 7) is 4.58. The average Bonchev–Trinajstić information content (AvgIpc) is 3.23. The van der Waals surface area contributed by atoms with Crippen LogP contribution < -0.4 is 9.04 Å². The average molecular weight is 493 g/mol. The molecule has 0 aliphatic carbocycles. The molecule has 0 aliphatic heterocycles. The van der Waals surface area contributed by atoms with Crippen molar-refractivity contribution in [1.82, 2.24) is 4.98 Å². The third-order valence-corrected chi connectivity index (χ3v) is 7.81. The van der Waals surface area contributed by atoms with E-state index < -0.39 is 22.2 Å². The molecule has 0 saturated carbocycles. The van der Waals surface area contributed by atoms with Gasteiger partial charge in [-0.1, -0.05) is 18.2 Å². The normalized spacial score (nSPS) is 12.3. The highest BCUT2D eigenvalue weighted by Crippen LogP contribution is 2.35. The van der Waals surface area contributed by atoms with Crippen LogP contribution in [-0.2, 0) is 21.4 Å². The third-order valence-electron chi connectivity index (χ3n) is 4.68. The predicted molar refractivity (Wildman–Crippen MR) is 125 cm³/mol. The number of aromatic nitrogens is 1. The number of ether oxygens (including phenoxy) is 2. The molecule has 10 heteroatoms. The number of nitrogens with zero attached hydrogens (tertiary/aromatic N) is 2. The molecule has 0 radical (unpaired) electrons. The Bertz CT molecular complexity index is 1220. The van der Waals surface area contributed by atoms with E-state index in [2.05, 4.69) is 4.98 Å². The summed E-state index contributed by atoms with van der Waals surface area (Å²) in [7, 11) is -2.79. The topological polar surface area (TPSA) is 85.8 Å². The van der Waals surface area contributed by atoms with Gasteiger partial charge in [-0.3, -0.25) is 4.31 Å². The Hall–Kier alpha value is -2.98. The lowest BCUT2D eigenvalue weighted by Gasteiger charge is -2.26. The number of carbonyl (C=O) groups excluding carboxylic acids is 1. The lowest BCUT2D eigenvalue weighted by molar-refractivity contribution is 0.0600. The van der Waals surface area contributed by atoms with Gasteiger partial charge in [-0.15, -0.1) is 11.3 Å². The molecule has 0 N–H and O–H groups in total. The minimum Gasteiger partial charge on any atom is -0.487 e. The quantitative estimate of drug-likeness (QED) is 0.403. The van der Waals surface area contributed by atoms with Crippen LogP contribution in [0.4, 0.5) is 10.1 Å². The number of carbonyl (C=O) groups is 1. The van der Waals surface area contributed by atoms with Crippen LogP contribution in [0.1, 0.15) is 34.1 Å². The number of rotatable bonds is 9. The number of hydrogen-bond acceptors (Lipinski definition) is 7. The Morgan fingerprint density at radius 2 is 1.88 bits per heavy atom. The molecule has 3 rings (SSSR count). The molecule has 0 bridgehead atoms. The highest BCUT2D eigenvalue weighted by atomic mass is 32.2. The Kier molecular flexibility index (Phi) is 7.70. The Morgan fingerprint density at radius 3 is 2.45 bits per heavy atom. The zero-order chi connectivity index (χ0) is 24.2. The smallest absolute Gasteiger partial charge is 0.337 e. The number of halogens is 1. The Labute approximate surface area is 196 Å². The van der Waals surface area contributed by atoms with Crippen LogP contribution in [0.25, 0.3) is 0 Å². The zero-order valence-corrected chi connectivity index (χ0v) is 20.4. The van der Waals surface area contributed by atoms with Gasteiger partial charge in [-0.2, -0.15) is 8.42 Å². The van der Waals surface area contributed by atoms with Crippen molar-refractivity contribution in [2.45, 2.75) is 37.9 Å². The maximum Gasteiger partial charge on any atom is 0.337 e. The first-order chi connectivity index (χ1) is 15.6. The van der Waals surface area contributed by atoms with E-state index in [0.717, 1.165) is 26.8 Å². The number of hydrogen-bond donors (Lipinski definition) is 0. The first-order valence-electron chi connectivity index (χ1n) is 10.1. The van der Waals surface area contributed by atoms with Crippen LogP contribution in [0, 0.1) is 13.8 Å². The van der Waals surface area contributed by atoms with Gasteiger partial charge in [0, 0.05) is 11.1 Å². The van der Waals surface area contributed by atoms with Gasteiger partial charge >= 0.3 is 5.97 Å². The third kappa shape index (κ3) is 5.88. The minimum atomic E-state index is -4.10. The maximum absolute atomic E-state index is 14.1. The summed E-state index contributed by atoms with van der Waals surface area (Å²) in [4.78, 5) is 15.7. The van der Waals surface area contributed by atoms with Gasteiger partial charge < -0.3 is 9.47 Å². The van der Waals surface area contributed by atoms with Gasteiger partial charge in [0.15, 0.2) is 0 Å². The largest absolute Gasteiger partial charge is 0.487 e. The van der Waals surface area contributed by atoms with E-state index in [1.165, 1.54) is 14.0 Å². The van der Waals surface area contributed by atoms with Crippen LogP contribution in [-0.4, -0.2) is 39.2 Å². The molecule has 1 unspecified atom stereocenters. The van der Waals surface area contributed by atoms with E-state index in [1.54, 1.807) is 54.8 Å². The van der Waals surface area contributed by atoms with Gasteiger partial charge in [0.25, 0.3) is 10.0 Å². The lowest BCUT2D eigenvalue weighted by atomic mass is 10.1. The van der Waals surface area contributed by atoms with Crippen LogP contribution in [0.5, 0.6) is 5.75 Å². The molecule has 0 fully saturated rings. The number of alkyl halides is 1. The molecule has 0 aliphatic rings.